The summed E-state index contributed by atoms with van der Waals surface area (Å²) in [4.78, 5) is 14.2. The van der Waals surface area contributed by atoms with Crippen LogP contribution >= 0.6 is 0 Å². The van der Waals surface area contributed by atoms with Crippen LogP contribution in [0.2, 0.25) is 0 Å². The number of nitrogens with one attached hydrogen (secondary N) is 2. The largest absolute Gasteiger partial charge is 0.396 e. The van der Waals surface area contributed by atoms with Gasteiger partial charge in [0.1, 0.15) is 0 Å². The first-order valence-electron chi connectivity index (χ1n) is 8.50. The molecule has 4 atom stereocenters. The molecule has 3 rings (SSSR count). The van der Waals surface area contributed by atoms with Gasteiger partial charge >= 0.3 is 6.03 Å². The predicted octanol–water partition coefficient (Wildman–Crippen LogP) is 1.96. The lowest BCUT2D eigenvalue weighted by Crippen LogP contribution is -2.48. The molecule has 1 aromatic rings. The first-order chi connectivity index (χ1) is 11.1. The molecule has 1 aromatic carbocycles. The van der Waals surface area contributed by atoms with E-state index < -0.39 is 0 Å². The maximum Gasteiger partial charge on any atom is 0.315 e. The van der Waals surface area contributed by atoms with Crippen LogP contribution in [0.3, 0.4) is 0 Å². The van der Waals surface area contributed by atoms with E-state index in [0.717, 1.165) is 17.7 Å². The molecule has 5 nitrogen and oxygen atoms in total. The fourth-order valence-corrected chi connectivity index (χ4v) is 4.19. The average Bonchev–Trinajstić information content (AvgIpc) is 3.14. The Labute approximate surface area is 138 Å². The number of amides is 2. The number of urea groups is 1. The first kappa shape index (κ1) is 16.1. The van der Waals surface area contributed by atoms with Crippen molar-refractivity contribution in [3.8, 4) is 0 Å². The van der Waals surface area contributed by atoms with Gasteiger partial charge in [-0.1, -0.05) is 12.1 Å². The van der Waals surface area contributed by atoms with Crippen molar-refractivity contribution in [3.63, 3.8) is 0 Å². The smallest absolute Gasteiger partial charge is 0.315 e. The number of anilines is 1. The van der Waals surface area contributed by atoms with Crippen LogP contribution in [-0.2, 0) is 6.54 Å². The molecule has 5 heteroatoms. The van der Waals surface area contributed by atoms with Gasteiger partial charge in [-0.05, 0) is 48.8 Å². The minimum atomic E-state index is -0.127. The molecule has 0 radical (unpaired) electrons. The lowest BCUT2D eigenvalue weighted by atomic mass is 9.85. The molecule has 2 amide bonds. The van der Waals surface area contributed by atoms with E-state index in [9.17, 15) is 9.90 Å². The van der Waals surface area contributed by atoms with Gasteiger partial charge in [0.05, 0.1) is 0 Å². The lowest BCUT2D eigenvalue weighted by Gasteiger charge is -2.30. The topological polar surface area (TPSA) is 64.6 Å². The van der Waals surface area contributed by atoms with Crippen LogP contribution in [0, 0.1) is 17.8 Å². The molecule has 4 unspecified atom stereocenters. The highest BCUT2D eigenvalue weighted by Crippen LogP contribution is 2.48. The maximum atomic E-state index is 12.2. The quantitative estimate of drug-likeness (QED) is 0.778. The summed E-state index contributed by atoms with van der Waals surface area (Å²) in [7, 11) is 4.02. The molecule has 2 saturated carbocycles. The number of hydrogen-bond donors (Lipinski definition) is 3. The number of nitrogens with zero attached hydrogens (tertiary/aromatic N) is 1. The van der Waals surface area contributed by atoms with Crippen molar-refractivity contribution in [2.24, 2.45) is 17.8 Å². The van der Waals surface area contributed by atoms with E-state index in [1.165, 1.54) is 12.8 Å². The second kappa shape index (κ2) is 6.79. The van der Waals surface area contributed by atoms with E-state index in [1.807, 2.05) is 43.3 Å². The van der Waals surface area contributed by atoms with Crippen LogP contribution in [0.15, 0.2) is 24.3 Å². The SMILES string of the molecule is CN(C)c1ccc(CNC(=O)NC2C3CCC(C3)C2CO)cc1. The van der Waals surface area contributed by atoms with Crippen LogP contribution in [0.5, 0.6) is 0 Å². The number of hydrogen-bond acceptors (Lipinski definition) is 3. The van der Waals surface area contributed by atoms with E-state index in [1.54, 1.807) is 0 Å². The Hall–Kier alpha value is -1.75. The molecule has 0 saturated heterocycles. The number of fused-ring (bicyclic) bond motifs is 2. The number of aliphatic hydroxyl groups is 1. The molecule has 2 fully saturated rings. The average molecular weight is 317 g/mol. The molecular formula is C18H27N3O2. The third-order valence-electron chi connectivity index (χ3n) is 5.50. The number of rotatable bonds is 5. The third-order valence-corrected chi connectivity index (χ3v) is 5.50. The monoisotopic (exact) mass is 317 g/mol. The van der Waals surface area contributed by atoms with Crippen LogP contribution in [-0.4, -0.2) is 37.9 Å². The molecule has 23 heavy (non-hydrogen) atoms. The number of benzene rings is 1. The predicted molar refractivity (Wildman–Crippen MR) is 91.3 cm³/mol. The van der Waals surface area contributed by atoms with Gasteiger partial charge in [-0.3, -0.25) is 0 Å². The van der Waals surface area contributed by atoms with Crippen LogP contribution in [0.1, 0.15) is 24.8 Å². The second-order valence-electron chi connectivity index (χ2n) is 7.09. The molecule has 126 valence electrons. The summed E-state index contributed by atoms with van der Waals surface area (Å²) in [6, 6.07) is 8.17. The fourth-order valence-electron chi connectivity index (χ4n) is 4.19. The molecule has 0 aliphatic heterocycles. The summed E-state index contributed by atoms with van der Waals surface area (Å²) < 4.78 is 0. The van der Waals surface area contributed by atoms with Gasteiger partial charge in [0, 0.05) is 44.9 Å². The number of carbonyl (C=O) groups excluding carboxylic acids is 1. The van der Waals surface area contributed by atoms with Crippen molar-refractivity contribution in [2.75, 3.05) is 25.6 Å². The molecule has 3 N–H and O–H groups in total. The van der Waals surface area contributed by atoms with Crippen molar-refractivity contribution < 1.29 is 9.90 Å². The Balaban J connectivity index is 1.50. The highest BCUT2D eigenvalue weighted by Gasteiger charge is 2.47. The Morgan fingerprint density at radius 1 is 1.22 bits per heavy atom. The number of carbonyl (C=O) groups is 1. The molecule has 2 bridgehead atoms. The minimum absolute atomic E-state index is 0.127. The van der Waals surface area contributed by atoms with Crippen LogP contribution < -0.4 is 15.5 Å². The lowest BCUT2D eigenvalue weighted by molar-refractivity contribution is 0.144. The van der Waals surface area contributed by atoms with Crippen molar-refractivity contribution in [2.45, 2.75) is 31.8 Å². The Bertz CT molecular complexity index is 544. The molecule has 2 aliphatic rings. The van der Waals surface area contributed by atoms with Crippen molar-refractivity contribution in [1.29, 1.82) is 0 Å². The van der Waals surface area contributed by atoms with Gasteiger partial charge in [-0.2, -0.15) is 0 Å². The van der Waals surface area contributed by atoms with Crippen molar-refractivity contribution >= 4 is 11.7 Å². The summed E-state index contributed by atoms with van der Waals surface area (Å²) in [5.41, 5.74) is 2.23. The zero-order chi connectivity index (χ0) is 16.4. The third kappa shape index (κ3) is 3.44. The Morgan fingerprint density at radius 2 is 1.91 bits per heavy atom. The highest BCUT2D eigenvalue weighted by molar-refractivity contribution is 5.74. The van der Waals surface area contributed by atoms with Crippen molar-refractivity contribution in [1.82, 2.24) is 10.6 Å². The van der Waals surface area contributed by atoms with Gasteiger partial charge in [0.2, 0.25) is 0 Å². The summed E-state index contributed by atoms with van der Waals surface area (Å²) in [5.74, 6) is 1.37. The van der Waals surface area contributed by atoms with Gasteiger partial charge in [-0.15, -0.1) is 0 Å². The van der Waals surface area contributed by atoms with E-state index in [2.05, 4.69) is 10.6 Å². The molecule has 0 heterocycles. The molecular weight excluding hydrogens is 290 g/mol. The normalized spacial score (nSPS) is 28.7. The Morgan fingerprint density at radius 3 is 2.57 bits per heavy atom. The van der Waals surface area contributed by atoms with Gasteiger partial charge in [0.25, 0.3) is 0 Å². The van der Waals surface area contributed by atoms with Gasteiger partial charge in [-0.25, -0.2) is 4.79 Å². The Kier molecular flexibility index (Phi) is 4.76. The minimum Gasteiger partial charge on any atom is -0.396 e. The zero-order valence-corrected chi connectivity index (χ0v) is 14.0. The van der Waals surface area contributed by atoms with E-state index in [-0.39, 0.29) is 24.6 Å². The summed E-state index contributed by atoms with van der Waals surface area (Å²) in [5, 5.41) is 15.6. The highest BCUT2D eigenvalue weighted by atomic mass is 16.3. The zero-order valence-electron chi connectivity index (χ0n) is 14.0. The fraction of sp³-hybridized carbons (Fsp3) is 0.611. The van der Waals surface area contributed by atoms with Crippen LogP contribution in [0.4, 0.5) is 10.5 Å². The molecule has 2 aliphatic carbocycles. The van der Waals surface area contributed by atoms with Crippen LogP contribution in [0.25, 0.3) is 0 Å². The standard InChI is InChI=1S/C18H27N3O2/c1-21(2)15-7-3-12(4-8-15)10-19-18(23)20-17-14-6-5-13(9-14)16(17)11-22/h3-4,7-8,13-14,16-17,22H,5-6,9-11H2,1-2H3,(H2,19,20,23). The molecule has 0 spiro atoms. The first-order valence-corrected chi connectivity index (χ1v) is 8.50. The van der Waals surface area contributed by atoms with Crippen molar-refractivity contribution in [3.05, 3.63) is 29.8 Å². The van der Waals surface area contributed by atoms with E-state index >= 15 is 0 Å². The van der Waals surface area contributed by atoms with E-state index in [0.29, 0.717) is 18.4 Å². The number of aliphatic hydroxyl groups excluding tert-OH is 1. The van der Waals surface area contributed by atoms with E-state index in [4.69, 9.17) is 0 Å². The van der Waals surface area contributed by atoms with Gasteiger partial charge < -0.3 is 20.6 Å². The van der Waals surface area contributed by atoms with Gasteiger partial charge in [0.15, 0.2) is 0 Å². The molecule has 0 aromatic heterocycles. The second-order valence-corrected chi connectivity index (χ2v) is 7.09. The maximum absolute atomic E-state index is 12.2. The summed E-state index contributed by atoms with van der Waals surface area (Å²) in [6.45, 7) is 0.697. The summed E-state index contributed by atoms with van der Waals surface area (Å²) >= 11 is 0. The summed E-state index contributed by atoms with van der Waals surface area (Å²) in [6.07, 6.45) is 3.54.